The van der Waals surface area contributed by atoms with Crippen LogP contribution in [-0.2, 0) is 19.6 Å². The normalized spacial score (nSPS) is 17.4. The Morgan fingerprint density at radius 3 is 2.58 bits per heavy atom. The Balaban J connectivity index is 1.68. The van der Waals surface area contributed by atoms with Crippen molar-refractivity contribution >= 4 is 27.4 Å². The van der Waals surface area contributed by atoms with Gasteiger partial charge in [-0.3, -0.25) is 9.52 Å². The van der Waals surface area contributed by atoms with E-state index in [0.29, 0.717) is 18.7 Å². The summed E-state index contributed by atoms with van der Waals surface area (Å²) in [5.74, 6) is 0.0305. The molecule has 1 aromatic heterocycles. The molecule has 2 aromatic rings. The van der Waals surface area contributed by atoms with Crippen molar-refractivity contribution in [2.45, 2.75) is 23.8 Å². The summed E-state index contributed by atoms with van der Waals surface area (Å²) in [6.45, 7) is 0.592. The minimum Gasteiger partial charge on any atom is -0.368 e. The second-order valence-corrected chi connectivity index (χ2v) is 7.02. The Kier molecular flexibility index (Phi) is 4.77. The van der Waals surface area contributed by atoms with Gasteiger partial charge in [0.05, 0.1) is 4.90 Å². The van der Waals surface area contributed by atoms with Crippen LogP contribution >= 0.6 is 0 Å². The highest BCUT2D eigenvalue weighted by Gasteiger charge is 2.23. The van der Waals surface area contributed by atoms with Gasteiger partial charge in [0, 0.05) is 18.5 Å². The molecule has 0 bridgehead atoms. The smallest absolute Gasteiger partial charge is 0.263 e. The Morgan fingerprint density at radius 1 is 1.17 bits per heavy atom. The molecule has 1 atom stereocenters. The molecule has 1 saturated heterocycles. The molecule has 1 aliphatic heterocycles. The fourth-order valence-electron chi connectivity index (χ4n) is 2.34. The van der Waals surface area contributed by atoms with E-state index in [2.05, 4.69) is 15.0 Å². The number of amides is 1. The first-order chi connectivity index (χ1) is 11.5. The van der Waals surface area contributed by atoms with E-state index in [0.717, 1.165) is 6.42 Å². The van der Waals surface area contributed by atoms with Crippen molar-refractivity contribution in [3.63, 3.8) is 0 Å². The second-order valence-electron chi connectivity index (χ2n) is 5.34. The summed E-state index contributed by atoms with van der Waals surface area (Å²) in [6.07, 6.45) is 2.64. The van der Waals surface area contributed by atoms with Crippen LogP contribution in [0.15, 0.2) is 53.6 Å². The van der Waals surface area contributed by atoms with Crippen LogP contribution in [-0.4, -0.2) is 32.0 Å². The highest BCUT2D eigenvalue weighted by molar-refractivity contribution is 7.92. The van der Waals surface area contributed by atoms with Gasteiger partial charge in [0.2, 0.25) is 0 Å². The summed E-state index contributed by atoms with van der Waals surface area (Å²) in [6, 6.07) is 10.9. The number of rotatable bonds is 5. The fourth-order valence-corrected chi connectivity index (χ4v) is 3.35. The lowest BCUT2D eigenvalue weighted by molar-refractivity contribution is -0.124. The number of carbonyl (C=O) groups is 1. The third kappa shape index (κ3) is 3.90. The third-order valence-electron chi connectivity index (χ3n) is 3.56. The van der Waals surface area contributed by atoms with Gasteiger partial charge >= 0.3 is 0 Å². The number of ether oxygens (including phenoxy) is 1. The van der Waals surface area contributed by atoms with E-state index in [1.165, 1.54) is 18.3 Å². The van der Waals surface area contributed by atoms with Crippen LogP contribution in [0.5, 0.6) is 0 Å². The predicted molar refractivity (Wildman–Crippen MR) is 89.1 cm³/mol. The number of pyridine rings is 1. The molecule has 24 heavy (non-hydrogen) atoms. The van der Waals surface area contributed by atoms with Gasteiger partial charge in [-0.05, 0) is 49.2 Å². The average molecular weight is 347 g/mol. The summed E-state index contributed by atoms with van der Waals surface area (Å²) in [4.78, 5) is 16.0. The molecule has 126 valence electrons. The zero-order valence-electron chi connectivity index (χ0n) is 12.8. The maximum Gasteiger partial charge on any atom is 0.263 e. The van der Waals surface area contributed by atoms with Gasteiger partial charge in [-0.15, -0.1) is 0 Å². The van der Waals surface area contributed by atoms with Crippen LogP contribution in [0.3, 0.4) is 0 Å². The van der Waals surface area contributed by atoms with Crippen LogP contribution in [0, 0.1) is 0 Å². The maximum absolute atomic E-state index is 12.3. The van der Waals surface area contributed by atoms with Crippen molar-refractivity contribution in [2.24, 2.45) is 0 Å². The molecule has 7 nitrogen and oxygen atoms in total. The van der Waals surface area contributed by atoms with E-state index in [-0.39, 0.29) is 16.6 Å². The number of sulfonamides is 1. The van der Waals surface area contributed by atoms with Crippen molar-refractivity contribution in [3.05, 3.63) is 48.7 Å². The quantitative estimate of drug-likeness (QED) is 0.862. The minimum absolute atomic E-state index is 0.0864. The highest BCUT2D eigenvalue weighted by atomic mass is 32.2. The predicted octanol–water partition coefficient (Wildman–Crippen LogP) is 2.00. The molecule has 0 spiro atoms. The SMILES string of the molecule is O=C(Nc1ccc(S(=O)(=O)Nc2ccccn2)cc1)[C@@H]1CCCO1. The Bertz CT molecular complexity index is 801. The number of nitrogens with zero attached hydrogens (tertiary/aromatic N) is 1. The van der Waals surface area contributed by atoms with Crippen LogP contribution < -0.4 is 10.0 Å². The van der Waals surface area contributed by atoms with E-state index in [1.807, 2.05) is 0 Å². The van der Waals surface area contributed by atoms with Crippen LogP contribution in [0.2, 0.25) is 0 Å². The largest absolute Gasteiger partial charge is 0.368 e. The first-order valence-electron chi connectivity index (χ1n) is 7.51. The number of aromatic nitrogens is 1. The van der Waals surface area contributed by atoms with Crippen LogP contribution in [0.25, 0.3) is 0 Å². The van der Waals surface area contributed by atoms with Gasteiger partial charge < -0.3 is 10.1 Å². The van der Waals surface area contributed by atoms with Gasteiger partial charge in [0.25, 0.3) is 15.9 Å². The molecule has 0 radical (unpaired) electrons. The molecule has 1 amide bonds. The highest BCUT2D eigenvalue weighted by Crippen LogP contribution is 2.19. The molecule has 2 heterocycles. The van der Waals surface area contributed by atoms with Crippen LogP contribution in [0.4, 0.5) is 11.5 Å². The lowest BCUT2D eigenvalue weighted by Crippen LogP contribution is -2.26. The van der Waals surface area contributed by atoms with E-state index >= 15 is 0 Å². The van der Waals surface area contributed by atoms with Gasteiger partial charge in [0.1, 0.15) is 11.9 Å². The van der Waals surface area contributed by atoms with Gasteiger partial charge in [0.15, 0.2) is 0 Å². The Morgan fingerprint density at radius 2 is 1.96 bits per heavy atom. The summed E-state index contributed by atoms with van der Waals surface area (Å²) >= 11 is 0. The zero-order valence-corrected chi connectivity index (χ0v) is 13.6. The molecule has 1 aromatic carbocycles. The topological polar surface area (TPSA) is 97.4 Å². The van der Waals surface area contributed by atoms with Gasteiger partial charge in [-0.2, -0.15) is 0 Å². The first-order valence-corrected chi connectivity index (χ1v) is 8.99. The number of anilines is 2. The molecule has 8 heteroatoms. The van der Waals surface area contributed by atoms with Crippen molar-refractivity contribution in [1.82, 2.24) is 4.98 Å². The number of nitrogens with one attached hydrogen (secondary N) is 2. The lowest BCUT2D eigenvalue weighted by atomic mass is 10.2. The number of benzene rings is 1. The number of hydrogen-bond acceptors (Lipinski definition) is 5. The molecule has 3 rings (SSSR count). The zero-order chi connectivity index (χ0) is 17.0. The molecule has 2 N–H and O–H groups in total. The minimum atomic E-state index is -3.72. The average Bonchev–Trinajstić information content (AvgIpc) is 3.10. The van der Waals surface area contributed by atoms with Crippen molar-refractivity contribution in [3.8, 4) is 0 Å². The lowest BCUT2D eigenvalue weighted by Gasteiger charge is -2.11. The third-order valence-corrected chi connectivity index (χ3v) is 4.93. The molecule has 1 fully saturated rings. The second kappa shape index (κ2) is 6.98. The van der Waals surface area contributed by atoms with Gasteiger partial charge in [-0.1, -0.05) is 6.07 Å². The molecule has 1 aliphatic rings. The summed E-state index contributed by atoms with van der Waals surface area (Å²) < 4.78 is 32.3. The van der Waals surface area contributed by atoms with E-state index in [1.54, 1.807) is 30.3 Å². The van der Waals surface area contributed by atoms with Crippen molar-refractivity contribution in [2.75, 3.05) is 16.6 Å². The van der Waals surface area contributed by atoms with Crippen molar-refractivity contribution < 1.29 is 17.9 Å². The van der Waals surface area contributed by atoms with E-state index in [9.17, 15) is 13.2 Å². The first kappa shape index (κ1) is 16.4. The van der Waals surface area contributed by atoms with Gasteiger partial charge in [-0.25, -0.2) is 13.4 Å². The summed E-state index contributed by atoms with van der Waals surface area (Å²) in [5, 5.41) is 2.72. The Labute approximate surface area is 140 Å². The number of hydrogen-bond donors (Lipinski definition) is 2. The molecule has 0 aliphatic carbocycles. The monoisotopic (exact) mass is 347 g/mol. The van der Waals surface area contributed by atoms with Crippen molar-refractivity contribution in [1.29, 1.82) is 0 Å². The molecule has 0 saturated carbocycles. The van der Waals surface area contributed by atoms with E-state index < -0.39 is 16.1 Å². The molecular formula is C16H17N3O4S. The summed E-state index contributed by atoms with van der Waals surface area (Å²) in [7, 11) is -3.72. The maximum atomic E-state index is 12.3. The molecule has 0 unspecified atom stereocenters. The summed E-state index contributed by atoms with van der Waals surface area (Å²) in [5.41, 5.74) is 0.521. The number of carbonyl (C=O) groups excluding carboxylic acids is 1. The van der Waals surface area contributed by atoms with Crippen LogP contribution in [0.1, 0.15) is 12.8 Å². The molecular weight excluding hydrogens is 330 g/mol. The fraction of sp³-hybridized carbons (Fsp3) is 0.250. The van der Waals surface area contributed by atoms with E-state index in [4.69, 9.17) is 4.74 Å². The standard InChI is InChI=1S/C16H17N3O4S/c20-16(14-4-3-11-23-14)18-12-6-8-13(9-7-12)24(21,22)19-15-5-1-2-10-17-15/h1-2,5-10,14H,3-4,11H2,(H,17,19)(H,18,20)/t14-/m0/s1. The Hall–Kier alpha value is -2.45.